The van der Waals surface area contributed by atoms with Gasteiger partial charge in [-0.1, -0.05) is 41.5 Å². The van der Waals surface area contributed by atoms with E-state index in [1.807, 2.05) is 6.07 Å². The number of rotatable bonds is 6. The summed E-state index contributed by atoms with van der Waals surface area (Å²) in [6, 6.07) is 19.0. The normalized spacial score (nSPS) is 14.3. The van der Waals surface area contributed by atoms with Crippen LogP contribution in [0.4, 0.5) is 5.69 Å². The van der Waals surface area contributed by atoms with E-state index >= 15 is 0 Å². The maximum absolute atomic E-state index is 8.55. The van der Waals surface area contributed by atoms with E-state index in [0.717, 1.165) is 29.7 Å². The lowest BCUT2D eigenvalue weighted by molar-refractivity contribution is -0.669. The number of benzene rings is 2. The van der Waals surface area contributed by atoms with E-state index in [-0.39, 0.29) is 0 Å². The third-order valence-electron chi connectivity index (χ3n) is 5.58. The van der Waals surface area contributed by atoms with E-state index in [9.17, 15) is 0 Å². The van der Waals surface area contributed by atoms with Gasteiger partial charge in [-0.2, -0.15) is 4.57 Å². The molecule has 0 fully saturated rings. The number of aryl methyl sites for hydroxylation is 1. The zero-order chi connectivity index (χ0) is 21.6. The fraction of sp³-hybridized carbons (Fsp3) is 0.192. The third kappa shape index (κ3) is 4.23. The molecule has 2 heterocycles. The quantitative estimate of drug-likeness (QED) is 0.201. The summed E-state index contributed by atoms with van der Waals surface area (Å²) in [5.74, 6) is 0. The molecule has 5 nitrogen and oxygen atoms in total. The van der Waals surface area contributed by atoms with Crippen LogP contribution in [0, 0.1) is 0 Å². The molecule has 0 saturated carbocycles. The molecule has 3 aromatic rings. The van der Waals surface area contributed by atoms with Crippen molar-refractivity contribution in [2.45, 2.75) is 26.9 Å². The molecule has 0 amide bonds. The Morgan fingerprint density at radius 1 is 1.06 bits per heavy atom. The number of hydrogen-bond acceptors (Lipinski definition) is 2. The van der Waals surface area contributed by atoms with Gasteiger partial charge in [-0.15, -0.1) is 0 Å². The first-order chi connectivity index (χ1) is 15.2. The minimum Gasteiger partial charge on any atom is -0.341 e. The van der Waals surface area contributed by atoms with Gasteiger partial charge in [-0.25, -0.2) is 0 Å². The van der Waals surface area contributed by atoms with E-state index in [4.69, 9.17) is 5.53 Å². The molecular weight excluding hydrogens is 382 g/mol. The molecule has 0 saturated heterocycles. The van der Waals surface area contributed by atoms with Gasteiger partial charge in [-0.05, 0) is 60.9 Å². The monoisotopic (exact) mass is 408 g/mol. The maximum Gasteiger partial charge on any atom is 0.212 e. The van der Waals surface area contributed by atoms with Crippen LogP contribution in [0.25, 0.3) is 33.5 Å². The van der Waals surface area contributed by atoms with Crippen molar-refractivity contribution < 1.29 is 4.57 Å². The van der Waals surface area contributed by atoms with Gasteiger partial charge in [0.15, 0.2) is 0 Å². The van der Waals surface area contributed by atoms with Crippen molar-refractivity contribution in [3.63, 3.8) is 0 Å². The molecule has 0 bridgehead atoms. The fourth-order valence-corrected chi connectivity index (χ4v) is 4.12. The van der Waals surface area contributed by atoms with Crippen LogP contribution in [-0.4, -0.2) is 6.54 Å². The van der Waals surface area contributed by atoms with Gasteiger partial charge < -0.3 is 4.90 Å². The van der Waals surface area contributed by atoms with Crippen LogP contribution in [0.5, 0.6) is 0 Å². The number of pyridine rings is 1. The second kappa shape index (κ2) is 9.33. The summed E-state index contributed by atoms with van der Waals surface area (Å²) in [7, 11) is 0. The lowest BCUT2D eigenvalue weighted by atomic mass is 10.1. The molecule has 0 radical (unpaired) electrons. The Morgan fingerprint density at radius 2 is 1.94 bits per heavy atom. The van der Waals surface area contributed by atoms with Crippen molar-refractivity contribution in [1.29, 1.82) is 0 Å². The Bertz CT molecular complexity index is 1250. The summed E-state index contributed by atoms with van der Waals surface area (Å²) in [5, 5.41) is 4.81. The summed E-state index contributed by atoms with van der Waals surface area (Å²) >= 11 is 0. The van der Waals surface area contributed by atoms with Crippen LogP contribution in [0.15, 0.2) is 83.6 Å². The van der Waals surface area contributed by atoms with E-state index < -0.39 is 0 Å². The predicted octanol–water partition coefficient (Wildman–Crippen LogP) is 6.41. The second-order valence-corrected chi connectivity index (χ2v) is 7.37. The molecule has 0 atom stereocenters. The van der Waals surface area contributed by atoms with Crippen molar-refractivity contribution in [2.24, 2.45) is 5.11 Å². The average molecular weight is 409 g/mol. The van der Waals surface area contributed by atoms with Crippen molar-refractivity contribution in [3.8, 4) is 0 Å². The number of aromatic nitrogens is 1. The summed E-state index contributed by atoms with van der Waals surface area (Å²) < 4.78 is 2.30. The number of allylic oxidation sites excluding steroid dienone is 3. The lowest BCUT2D eigenvalue weighted by Crippen LogP contribution is -2.36. The van der Waals surface area contributed by atoms with E-state index in [1.165, 1.54) is 22.5 Å². The van der Waals surface area contributed by atoms with E-state index in [0.29, 0.717) is 6.54 Å². The number of nitrogens with zero attached hydrogens (tertiary/aromatic N) is 5. The Hall–Kier alpha value is -3.82. The smallest absolute Gasteiger partial charge is 0.212 e. The summed E-state index contributed by atoms with van der Waals surface area (Å²) in [5.41, 5.74) is 15.6. The van der Waals surface area contributed by atoms with E-state index in [1.54, 1.807) is 0 Å². The Labute approximate surface area is 182 Å². The van der Waals surface area contributed by atoms with Crippen LogP contribution in [0.3, 0.4) is 0 Å². The van der Waals surface area contributed by atoms with Gasteiger partial charge in [0.05, 0.1) is 6.54 Å². The van der Waals surface area contributed by atoms with Gasteiger partial charge in [0.2, 0.25) is 11.2 Å². The highest BCUT2D eigenvalue weighted by molar-refractivity contribution is 5.78. The molecule has 0 unspecified atom stereocenters. The van der Waals surface area contributed by atoms with Gasteiger partial charge in [0.25, 0.3) is 0 Å². The first-order valence-electron chi connectivity index (χ1n) is 10.6. The van der Waals surface area contributed by atoms with Crippen LogP contribution in [-0.2, 0) is 13.1 Å². The van der Waals surface area contributed by atoms with Crippen LogP contribution >= 0.6 is 0 Å². The van der Waals surface area contributed by atoms with Crippen LogP contribution < -0.4 is 9.47 Å². The Balaban J connectivity index is 1.64. The molecule has 4 rings (SSSR count). The summed E-state index contributed by atoms with van der Waals surface area (Å²) in [6.45, 7) is 6.50. The van der Waals surface area contributed by atoms with Gasteiger partial charge in [-0.3, -0.25) is 0 Å². The first kappa shape index (κ1) is 20.5. The third-order valence-corrected chi connectivity index (χ3v) is 5.58. The average Bonchev–Trinajstić information content (AvgIpc) is 2.82. The Kier molecular flexibility index (Phi) is 6.16. The molecule has 31 heavy (non-hydrogen) atoms. The number of anilines is 1. The molecule has 1 aromatic heterocycles. The lowest BCUT2D eigenvalue weighted by Gasteiger charge is -2.29. The number of azide groups is 1. The maximum atomic E-state index is 8.55. The van der Waals surface area contributed by atoms with Gasteiger partial charge in [0, 0.05) is 46.4 Å². The minimum absolute atomic E-state index is 0.373. The fourth-order valence-electron chi connectivity index (χ4n) is 4.12. The van der Waals surface area contributed by atoms with Crippen LogP contribution in [0.2, 0.25) is 0 Å². The van der Waals surface area contributed by atoms with Crippen LogP contribution in [0.1, 0.15) is 30.7 Å². The SMILES string of the molecule is CCN1/C(=C/C=C/c2ccc3cc(CN=[N+]=[N-])ccc3[n+]2CC)C=Cc2ccccc21. The van der Waals surface area contributed by atoms with Gasteiger partial charge in [0.1, 0.15) is 6.54 Å². The highest BCUT2D eigenvalue weighted by atomic mass is 15.1. The topological polar surface area (TPSA) is 55.9 Å². The molecular formula is C26H26N5+. The molecule has 2 aromatic carbocycles. The number of hydrogen-bond donors (Lipinski definition) is 0. The largest absolute Gasteiger partial charge is 0.341 e. The second-order valence-electron chi connectivity index (χ2n) is 7.37. The molecule has 1 aliphatic rings. The summed E-state index contributed by atoms with van der Waals surface area (Å²) in [6.07, 6.45) is 10.8. The van der Waals surface area contributed by atoms with Gasteiger partial charge >= 0.3 is 0 Å². The molecule has 0 spiro atoms. The zero-order valence-electron chi connectivity index (χ0n) is 17.9. The summed E-state index contributed by atoms with van der Waals surface area (Å²) in [4.78, 5) is 5.18. The number of para-hydroxylation sites is 1. The van der Waals surface area contributed by atoms with Crippen molar-refractivity contribution in [2.75, 3.05) is 11.4 Å². The van der Waals surface area contributed by atoms with E-state index in [2.05, 4.69) is 112 Å². The number of fused-ring (bicyclic) bond motifs is 2. The highest BCUT2D eigenvalue weighted by Crippen LogP contribution is 2.30. The standard InChI is InChI=1S/C26H26N5/c1-3-30-23(15-13-21-8-5-6-11-25(21)30)9-7-10-24-16-14-22-18-20(19-28-29-27)12-17-26(22)31(24)4-2/h5-18H,3-4,19H2,1-2H3/q+1. The minimum atomic E-state index is 0.373. The molecule has 154 valence electrons. The molecule has 0 N–H and O–H groups in total. The first-order valence-corrected chi connectivity index (χ1v) is 10.6. The predicted molar refractivity (Wildman–Crippen MR) is 128 cm³/mol. The Morgan fingerprint density at radius 3 is 2.74 bits per heavy atom. The van der Waals surface area contributed by atoms with Crippen molar-refractivity contribution >= 4 is 28.7 Å². The zero-order valence-corrected chi connectivity index (χ0v) is 17.9. The van der Waals surface area contributed by atoms with Crippen molar-refractivity contribution in [1.82, 2.24) is 0 Å². The molecule has 0 aliphatic carbocycles. The number of likely N-dealkylation sites (N-methyl/N-ethyl adjacent to an activating group) is 1. The molecule has 5 heteroatoms. The highest BCUT2D eigenvalue weighted by Gasteiger charge is 2.15. The van der Waals surface area contributed by atoms with Crippen molar-refractivity contribution in [3.05, 3.63) is 106 Å². The molecule has 1 aliphatic heterocycles.